The van der Waals surface area contributed by atoms with Gasteiger partial charge in [-0.1, -0.05) is 77.8 Å². The Morgan fingerprint density at radius 3 is 2.21 bits per heavy atom. The van der Waals surface area contributed by atoms with Crippen molar-refractivity contribution in [1.29, 1.82) is 0 Å². The quantitative estimate of drug-likeness (QED) is 0.367. The highest BCUT2D eigenvalue weighted by atomic mass is 35.5. The maximum Gasteiger partial charge on any atom is 0.221 e. The van der Waals surface area contributed by atoms with E-state index < -0.39 is 0 Å². The summed E-state index contributed by atoms with van der Waals surface area (Å²) in [5.74, 6) is 1.28. The minimum absolute atomic E-state index is 0.140. The van der Waals surface area contributed by atoms with Crippen molar-refractivity contribution in [3.63, 3.8) is 0 Å². The number of hydrogen-bond donors (Lipinski definition) is 0. The maximum absolute atomic E-state index is 6.59. The van der Waals surface area contributed by atoms with Gasteiger partial charge in [-0.3, -0.25) is 0 Å². The standard InChI is InChI=1S/C23H18Cl2N2O/c1-27-23(28-18-10-6-3-7-11-18)20(15-26-27)22(16-8-4-2-5-9-16)19-13-12-17(24)14-21(19)25/h2-15,22H,1H3. The highest BCUT2D eigenvalue weighted by Crippen LogP contribution is 2.41. The topological polar surface area (TPSA) is 27.1 Å². The Morgan fingerprint density at radius 1 is 0.857 bits per heavy atom. The number of rotatable bonds is 5. The van der Waals surface area contributed by atoms with Crippen LogP contribution in [-0.2, 0) is 7.05 Å². The summed E-state index contributed by atoms with van der Waals surface area (Å²) in [5, 5.41) is 5.67. The van der Waals surface area contributed by atoms with Crippen molar-refractivity contribution in [2.24, 2.45) is 7.05 Å². The largest absolute Gasteiger partial charge is 0.439 e. The smallest absolute Gasteiger partial charge is 0.221 e. The molecule has 1 aromatic heterocycles. The van der Waals surface area contributed by atoms with Crippen LogP contribution < -0.4 is 4.74 Å². The Morgan fingerprint density at radius 2 is 1.54 bits per heavy atom. The molecular formula is C23H18Cl2N2O. The lowest BCUT2D eigenvalue weighted by Gasteiger charge is -2.20. The maximum atomic E-state index is 6.59. The van der Waals surface area contributed by atoms with Gasteiger partial charge in [0, 0.05) is 28.6 Å². The van der Waals surface area contributed by atoms with E-state index in [-0.39, 0.29) is 5.92 Å². The third kappa shape index (κ3) is 3.77. The lowest BCUT2D eigenvalue weighted by Crippen LogP contribution is -2.06. The molecule has 4 rings (SSSR count). The van der Waals surface area contributed by atoms with Crippen molar-refractivity contribution in [1.82, 2.24) is 9.78 Å². The van der Waals surface area contributed by atoms with Crippen molar-refractivity contribution in [2.45, 2.75) is 5.92 Å². The van der Waals surface area contributed by atoms with Crippen LogP contribution in [-0.4, -0.2) is 9.78 Å². The molecule has 140 valence electrons. The summed E-state index contributed by atoms with van der Waals surface area (Å²) in [5.41, 5.74) is 2.97. The number of benzene rings is 3. The van der Waals surface area contributed by atoms with Gasteiger partial charge in [-0.05, 0) is 35.4 Å². The number of para-hydroxylation sites is 1. The lowest BCUT2D eigenvalue weighted by atomic mass is 9.86. The number of nitrogens with zero attached hydrogens (tertiary/aromatic N) is 2. The van der Waals surface area contributed by atoms with Crippen LogP contribution in [0.2, 0.25) is 10.0 Å². The van der Waals surface area contributed by atoms with Gasteiger partial charge in [0.2, 0.25) is 5.88 Å². The Balaban J connectivity index is 1.86. The number of hydrogen-bond acceptors (Lipinski definition) is 2. The fraction of sp³-hybridized carbons (Fsp3) is 0.0870. The summed E-state index contributed by atoms with van der Waals surface area (Å²) in [6.07, 6.45) is 1.83. The second-order valence-electron chi connectivity index (χ2n) is 6.45. The van der Waals surface area contributed by atoms with Gasteiger partial charge in [0.1, 0.15) is 5.75 Å². The van der Waals surface area contributed by atoms with E-state index in [0.29, 0.717) is 15.9 Å². The fourth-order valence-electron chi connectivity index (χ4n) is 3.27. The molecule has 5 heteroatoms. The van der Waals surface area contributed by atoms with Crippen molar-refractivity contribution >= 4 is 23.2 Å². The Bertz CT molecular complexity index is 1080. The first-order valence-electron chi connectivity index (χ1n) is 8.88. The summed E-state index contributed by atoms with van der Waals surface area (Å²) in [7, 11) is 1.87. The number of aryl methyl sites for hydroxylation is 1. The molecule has 0 aliphatic carbocycles. The van der Waals surface area contributed by atoms with Gasteiger partial charge in [-0.15, -0.1) is 0 Å². The van der Waals surface area contributed by atoms with Gasteiger partial charge in [0.15, 0.2) is 0 Å². The zero-order valence-corrected chi connectivity index (χ0v) is 16.7. The molecule has 0 saturated carbocycles. The molecule has 0 aliphatic heterocycles. The van der Waals surface area contributed by atoms with E-state index in [1.165, 1.54) is 0 Å². The third-order valence-electron chi connectivity index (χ3n) is 4.59. The van der Waals surface area contributed by atoms with Crippen molar-refractivity contribution in [3.05, 3.63) is 112 Å². The molecule has 4 aromatic rings. The second-order valence-corrected chi connectivity index (χ2v) is 7.30. The van der Waals surface area contributed by atoms with Crippen LogP contribution in [0.15, 0.2) is 85.1 Å². The van der Waals surface area contributed by atoms with Gasteiger partial charge in [0.25, 0.3) is 0 Å². The summed E-state index contributed by atoms with van der Waals surface area (Å²) in [4.78, 5) is 0. The highest BCUT2D eigenvalue weighted by Gasteiger charge is 2.26. The van der Waals surface area contributed by atoms with E-state index in [4.69, 9.17) is 27.9 Å². The molecule has 0 spiro atoms. The van der Waals surface area contributed by atoms with Crippen molar-refractivity contribution < 1.29 is 4.74 Å². The molecule has 0 amide bonds. The van der Waals surface area contributed by atoms with E-state index in [0.717, 1.165) is 22.4 Å². The Kier molecular flexibility index (Phi) is 5.38. The number of halogens is 2. The lowest BCUT2D eigenvalue weighted by molar-refractivity contribution is 0.425. The van der Waals surface area contributed by atoms with Gasteiger partial charge in [0.05, 0.1) is 6.20 Å². The normalized spacial score (nSPS) is 12.0. The summed E-state index contributed by atoms with van der Waals surface area (Å²) in [6, 6.07) is 25.4. The molecule has 0 fully saturated rings. The van der Waals surface area contributed by atoms with Gasteiger partial charge in [-0.2, -0.15) is 5.10 Å². The first-order valence-corrected chi connectivity index (χ1v) is 9.64. The van der Waals surface area contributed by atoms with E-state index in [1.54, 1.807) is 10.7 Å². The second kappa shape index (κ2) is 8.09. The van der Waals surface area contributed by atoms with Crippen LogP contribution in [0.25, 0.3) is 0 Å². The van der Waals surface area contributed by atoms with Crippen LogP contribution >= 0.6 is 23.2 Å². The van der Waals surface area contributed by atoms with Crippen LogP contribution in [0.3, 0.4) is 0 Å². The first-order chi connectivity index (χ1) is 13.6. The van der Waals surface area contributed by atoms with E-state index in [2.05, 4.69) is 17.2 Å². The minimum Gasteiger partial charge on any atom is -0.439 e. The van der Waals surface area contributed by atoms with E-state index in [1.807, 2.05) is 73.9 Å². The predicted molar refractivity (Wildman–Crippen MR) is 114 cm³/mol. The number of ether oxygens (including phenoxy) is 1. The van der Waals surface area contributed by atoms with Gasteiger partial charge < -0.3 is 4.74 Å². The van der Waals surface area contributed by atoms with Gasteiger partial charge in [-0.25, -0.2) is 4.68 Å². The molecule has 1 unspecified atom stereocenters. The van der Waals surface area contributed by atoms with E-state index >= 15 is 0 Å². The Hall–Kier alpha value is -2.75. The zero-order valence-electron chi connectivity index (χ0n) is 15.2. The third-order valence-corrected chi connectivity index (χ3v) is 5.15. The molecular weight excluding hydrogens is 391 g/mol. The number of aromatic nitrogens is 2. The zero-order chi connectivity index (χ0) is 19.5. The highest BCUT2D eigenvalue weighted by molar-refractivity contribution is 6.35. The Labute approximate surface area is 174 Å². The monoisotopic (exact) mass is 408 g/mol. The van der Waals surface area contributed by atoms with Crippen LogP contribution in [0.1, 0.15) is 22.6 Å². The fourth-order valence-corrected chi connectivity index (χ4v) is 3.79. The summed E-state index contributed by atoms with van der Waals surface area (Å²) >= 11 is 12.7. The van der Waals surface area contributed by atoms with Crippen LogP contribution in [0, 0.1) is 0 Å². The first kappa shape index (κ1) is 18.6. The van der Waals surface area contributed by atoms with Crippen LogP contribution in [0.4, 0.5) is 0 Å². The molecule has 0 bridgehead atoms. The molecule has 3 aromatic carbocycles. The summed E-state index contributed by atoms with van der Waals surface area (Å²) < 4.78 is 7.94. The summed E-state index contributed by atoms with van der Waals surface area (Å²) in [6.45, 7) is 0. The molecule has 3 nitrogen and oxygen atoms in total. The molecule has 28 heavy (non-hydrogen) atoms. The van der Waals surface area contributed by atoms with Crippen molar-refractivity contribution in [3.8, 4) is 11.6 Å². The minimum atomic E-state index is -0.140. The predicted octanol–water partition coefficient (Wildman–Crippen LogP) is 6.70. The average Bonchev–Trinajstić information content (AvgIpc) is 3.06. The molecule has 1 heterocycles. The molecule has 0 aliphatic rings. The van der Waals surface area contributed by atoms with Crippen molar-refractivity contribution in [2.75, 3.05) is 0 Å². The molecule has 0 N–H and O–H groups in total. The van der Waals surface area contributed by atoms with Crippen LogP contribution in [0.5, 0.6) is 11.6 Å². The SMILES string of the molecule is Cn1ncc(C(c2ccccc2)c2ccc(Cl)cc2Cl)c1Oc1ccccc1. The van der Waals surface area contributed by atoms with Gasteiger partial charge >= 0.3 is 0 Å². The van der Waals surface area contributed by atoms with E-state index in [9.17, 15) is 0 Å². The molecule has 0 saturated heterocycles. The molecule has 1 atom stereocenters. The average molecular weight is 409 g/mol. The molecule has 0 radical (unpaired) electrons.